The van der Waals surface area contributed by atoms with Gasteiger partial charge < -0.3 is 20.1 Å². The van der Waals surface area contributed by atoms with Crippen molar-refractivity contribution < 1.29 is 27.9 Å². The third kappa shape index (κ3) is 7.16. The molecule has 2 amide bonds. The first-order chi connectivity index (χ1) is 15.8. The fourth-order valence-electron chi connectivity index (χ4n) is 3.34. The molecule has 178 valence electrons. The van der Waals surface area contributed by atoms with Gasteiger partial charge in [-0.1, -0.05) is 35.9 Å². The van der Waals surface area contributed by atoms with E-state index in [1.54, 1.807) is 29.2 Å². The van der Waals surface area contributed by atoms with Gasteiger partial charge in [-0.15, -0.1) is 0 Å². The Labute approximate surface area is 197 Å². The zero-order valence-electron chi connectivity index (χ0n) is 17.9. The number of nitrogens with one attached hydrogen (secondary N) is 2. The molecule has 1 atom stereocenters. The topological polar surface area (TPSA) is 125 Å². The number of urea groups is 1. The second kappa shape index (κ2) is 11.5. The summed E-state index contributed by atoms with van der Waals surface area (Å²) in [5, 5.41) is 12.8. The van der Waals surface area contributed by atoms with E-state index in [0.717, 1.165) is 11.1 Å². The largest absolute Gasteiger partial charge is 0.480 e. The number of morpholine rings is 1. The molecule has 0 aliphatic carbocycles. The van der Waals surface area contributed by atoms with Gasteiger partial charge >= 0.3 is 12.0 Å². The lowest BCUT2D eigenvalue weighted by Gasteiger charge is -2.27. The molecular formula is C22H26ClN3O6S. The minimum absolute atomic E-state index is 0.0286. The smallest absolute Gasteiger partial charge is 0.321 e. The maximum atomic E-state index is 12.7. The summed E-state index contributed by atoms with van der Waals surface area (Å²) in [7, 11) is -4.04. The molecule has 2 aromatic carbocycles. The van der Waals surface area contributed by atoms with Crippen molar-refractivity contribution in [3.63, 3.8) is 0 Å². The van der Waals surface area contributed by atoms with Gasteiger partial charge in [0, 0.05) is 24.7 Å². The molecule has 2 aromatic rings. The van der Waals surface area contributed by atoms with Gasteiger partial charge in [0.1, 0.15) is 6.04 Å². The van der Waals surface area contributed by atoms with Crippen LogP contribution in [-0.4, -0.2) is 69.3 Å². The van der Waals surface area contributed by atoms with Crippen LogP contribution in [-0.2, 0) is 19.6 Å². The molecule has 1 saturated heterocycles. The Kier molecular flexibility index (Phi) is 8.67. The Balaban J connectivity index is 1.54. The van der Waals surface area contributed by atoms with Crippen molar-refractivity contribution in [2.45, 2.75) is 23.8 Å². The van der Waals surface area contributed by atoms with Crippen LogP contribution in [0, 0.1) is 0 Å². The van der Waals surface area contributed by atoms with E-state index in [9.17, 15) is 23.1 Å². The monoisotopic (exact) mass is 495 g/mol. The number of carbonyl (C=O) groups excluding carboxylic acids is 1. The number of nitrogens with zero attached hydrogens (tertiary/aromatic N) is 1. The maximum Gasteiger partial charge on any atom is 0.321 e. The molecule has 0 unspecified atom stereocenters. The number of amides is 2. The summed E-state index contributed by atoms with van der Waals surface area (Å²) in [4.78, 5) is 25.2. The normalized spacial score (nSPS) is 15.1. The number of ether oxygens (including phenoxy) is 1. The van der Waals surface area contributed by atoms with Gasteiger partial charge in [0.05, 0.1) is 18.1 Å². The van der Waals surface area contributed by atoms with Crippen molar-refractivity contribution in [3.05, 3.63) is 53.6 Å². The summed E-state index contributed by atoms with van der Waals surface area (Å²) in [5.41, 5.74) is 1.68. The summed E-state index contributed by atoms with van der Waals surface area (Å²) in [6.45, 7) is 2.20. The van der Waals surface area contributed by atoms with Gasteiger partial charge in [-0.25, -0.2) is 13.2 Å². The van der Waals surface area contributed by atoms with E-state index >= 15 is 0 Å². The van der Waals surface area contributed by atoms with Crippen molar-refractivity contribution in [2.24, 2.45) is 0 Å². The SMILES string of the molecule is O=C(O)[C@H](CCCNC(=O)N1CCOCC1)NS(=O)(=O)c1ccc(-c2ccc(Cl)cc2)cc1. The molecule has 0 aromatic heterocycles. The van der Waals surface area contributed by atoms with Crippen LogP contribution in [0.25, 0.3) is 11.1 Å². The van der Waals surface area contributed by atoms with Crippen LogP contribution in [0.15, 0.2) is 53.4 Å². The lowest BCUT2D eigenvalue weighted by Crippen LogP contribution is -2.46. The van der Waals surface area contributed by atoms with Crippen LogP contribution in [0.3, 0.4) is 0 Å². The fourth-order valence-corrected chi connectivity index (χ4v) is 4.69. The van der Waals surface area contributed by atoms with Gasteiger partial charge in [-0.3, -0.25) is 4.79 Å². The number of rotatable bonds is 9. The number of carboxylic acids is 1. The van der Waals surface area contributed by atoms with Crippen LogP contribution in [0.2, 0.25) is 5.02 Å². The Morgan fingerprint density at radius 1 is 1.03 bits per heavy atom. The quantitative estimate of drug-likeness (QED) is 0.459. The van der Waals surface area contributed by atoms with Crippen molar-refractivity contribution in [2.75, 3.05) is 32.8 Å². The zero-order chi connectivity index (χ0) is 23.8. The van der Waals surface area contributed by atoms with Gasteiger partial charge in [-0.05, 0) is 48.2 Å². The van der Waals surface area contributed by atoms with Crippen LogP contribution in [0.1, 0.15) is 12.8 Å². The maximum absolute atomic E-state index is 12.7. The first kappa shape index (κ1) is 25.0. The molecule has 3 N–H and O–H groups in total. The predicted octanol–water partition coefficient (Wildman–Crippen LogP) is 2.56. The minimum atomic E-state index is -4.04. The summed E-state index contributed by atoms with van der Waals surface area (Å²) < 4.78 is 32.8. The lowest BCUT2D eigenvalue weighted by atomic mass is 10.1. The second-order valence-corrected chi connectivity index (χ2v) is 9.67. The number of hydrogen-bond donors (Lipinski definition) is 3. The highest BCUT2D eigenvalue weighted by molar-refractivity contribution is 7.89. The van der Waals surface area contributed by atoms with Crippen molar-refractivity contribution in [3.8, 4) is 11.1 Å². The van der Waals surface area contributed by atoms with Gasteiger partial charge in [-0.2, -0.15) is 4.72 Å². The predicted molar refractivity (Wildman–Crippen MR) is 124 cm³/mol. The highest BCUT2D eigenvalue weighted by Gasteiger charge is 2.25. The number of benzene rings is 2. The summed E-state index contributed by atoms with van der Waals surface area (Å²) in [6.07, 6.45) is 0.325. The summed E-state index contributed by atoms with van der Waals surface area (Å²) in [6, 6.07) is 11.7. The number of aliphatic carboxylic acids is 1. The van der Waals surface area contributed by atoms with Gasteiger partial charge in [0.25, 0.3) is 0 Å². The summed E-state index contributed by atoms with van der Waals surface area (Å²) in [5.74, 6) is -1.28. The molecular weight excluding hydrogens is 470 g/mol. The molecule has 11 heteroatoms. The summed E-state index contributed by atoms with van der Waals surface area (Å²) >= 11 is 5.89. The fraction of sp³-hybridized carbons (Fsp3) is 0.364. The third-order valence-corrected chi connectivity index (χ3v) is 6.92. The van der Waals surface area contributed by atoms with Crippen molar-refractivity contribution in [1.82, 2.24) is 14.9 Å². The highest BCUT2D eigenvalue weighted by atomic mass is 35.5. The molecule has 3 rings (SSSR count). The standard InChI is InChI=1S/C22H26ClN3O6S/c23-18-7-3-16(4-8-18)17-5-9-19(10-6-17)33(30,31)25-20(21(27)28)2-1-11-24-22(29)26-12-14-32-15-13-26/h3-10,20,25H,1-2,11-15H2,(H,24,29)(H,27,28)/t20-/m0/s1. The van der Waals surface area contributed by atoms with E-state index in [4.69, 9.17) is 16.3 Å². The first-order valence-electron chi connectivity index (χ1n) is 10.5. The van der Waals surface area contributed by atoms with Crippen LogP contribution < -0.4 is 10.0 Å². The average Bonchev–Trinajstić information content (AvgIpc) is 2.82. The number of sulfonamides is 1. The van der Waals surface area contributed by atoms with Gasteiger partial charge in [0.2, 0.25) is 10.0 Å². The Hall–Kier alpha value is -2.66. The van der Waals surface area contributed by atoms with Crippen LogP contribution in [0.5, 0.6) is 0 Å². The molecule has 9 nitrogen and oxygen atoms in total. The van der Waals surface area contributed by atoms with E-state index in [1.807, 2.05) is 12.1 Å². The van der Waals surface area contributed by atoms with Gasteiger partial charge in [0.15, 0.2) is 0 Å². The van der Waals surface area contributed by atoms with E-state index < -0.39 is 22.0 Å². The number of halogens is 1. The molecule has 0 bridgehead atoms. The zero-order valence-corrected chi connectivity index (χ0v) is 19.4. The Morgan fingerprint density at radius 3 is 2.18 bits per heavy atom. The second-order valence-electron chi connectivity index (χ2n) is 7.52. The van der Waals surface area contributed by atoms with Crippen LogP contribution in [0.4, 0.5) is 4.79 Å². The molecule has 0 saturated carbocycles. The number of hydrogen-bond acceptors (Lipinski definition) is 5. The molecule has 1 fully saturated rings. The lowest BCUT2D eigenvalue weighted by molar-refractivity contribution is -0.139. The van der Waals surface area contributed by atoms with E-state index in [0.29, 0.717) is 37.7 Å². The molecule has 0 radical (unpaired) electrons. The van der Waals surface area contributed by atoms with E-state index in [-0.39, 0.29) is 23.9 Å². The van der Waals surface area contributed by atoms with E-state index in [1.165, 1.54) is 12.1 Å². The Bertz CT molecular complexity index is 1050. The molecule has 0 spiro atoms. The average molecular weight is 496 g/mol. The number of carboxylic acid groups (broad SMARTS) is 1. The molecule has 1 heterocycles. The molecule has 1 aliphatic heterocycles. The first-order valence-corrected chi connectivity index (χ1v) is 12.3. The van der Waals surface area contributed by atoms with Crippen molar-refractivity contribution >= 4 is 33.6 Å². The van der Waals surface area contributed by atoms with Crippen LogP contribution >= 0.6 is 11.6 Å². The highest BCUT2D eigenvalue weighted by Crippen LogP contribution is 2.23. The minimum Gasteiger partial charge on any atom is -0.480 e. The molecule has 1 aliphatic rings. The third-order valence-electron chi connectivity index (χ3n) is 5.18. The number of carbonyl (C=O) groups is 2. The Morgan fingerprint density at radius 2 is 1.61 bits per heavy atom. The van der Waals surface area contributed by atoms with Crippen molar-refractivity contribution in [1.29, 1.82) is 0 Å². The van der Waals surface area contributed by atoms with E-state index in [2.05, 4.69) is 10.0 Å². The molecule has 33 heavy (non-hydrogen) atoms.